The van der Waals surface area contributed by atoms with Gasteiger partial charge in [0.2, 0.25) is 0 Å². The Balaban J connectivity index is 4.30. The Kier molecular flexibility index (Phi) is 46.2. The minimum absolute atomic E-state index is 0.0625. The first-order valence-corrected chi connectivity index (χ1v) is 26.4. The van der Waals surface area contributed by atoms with Gasteiger partial charge in [-0.2, -0.15) is 0 Å². The normalized spacial score (nSPS) is 11.9. The molecule has 0 aromatic rings. The van der Waals surface area contributed by atoms with Crippen molar-refractivity contribution in [1.82, 2.24) is 0 Å². The summed E-state index contributed by atoms with van der Waals surface area (Å²) >= 11 is 0. The molecular weight excluding hydrogens is 733 g/mol. The van der Waals surface area contributed by atoms with Gasteiger partial charge >= 0.3 is 17.9 Å². The lowest BCUT2D eigenvalue weighted by Crippen LogP contribution is -2.30. The van der Waals surface area contributed by atoms with E-state index in [1.54, 1.807) is 0 Å². The molecule has 0 unspecified atom stereocenters. The molecule has 0 saturated heterocycles. The maximum atomic E-state index is 12.8. The van der Waals surface area contributed by atoms with Crippen molar-refractivity contribution in [1.29, 1.82) is 0 Å². The van der Waals surface area contributed by atoms with E-state index in [9.17, 15) is 14.4 Å². The number of esters is 3. The summed E-state index contributed by atoms with van der Waals surface area (Å²) in [5, 5.41) is 0. The van der Waals surface area contributed by atoms with Crippen molar-refractivity contribution in [3.05, 3.63) is 0 Å². The smallest absolute Gasteiger partial charge is 0.306 e. The summed E-state index contributed by atoms with van der Waals surface area (Å²) in [5.74, 6) is -0.0109. The molecule has 0 rings (SSSR count). The SMILES string of the molecule is CCCCCCCCCCCCCCCCCC(=O)OC[C@H](COC(=O)CCCCCCCCCCCCC)OC(=O)CCCCCCCCCCCCCCC(C)C. The van der Waals surface area contributed by atoms with Crippen LogP contribution < -0.4 is 0 Å². The quantitative estimate of drug-likeness (QED) is 0.0345. The lowest BCUT2D eigenvalue weighted by atomic mass is 10.0. The van der Waals surface area contributed by atoms with Crippen LogP contribution >= 0.6 is 0 Å². The van der Waals surface area contributed by atoms with Gasteiger partial charge in [-0.05, 0) is 25.2 Å². The van der Waals surface area contributed by atoms with E-state index in [2.05, 4.69) is 27.7 Å². The Morgan fingerprint density at radius 1 is 0.322 bits per heavy atom. The second-order valence-electron chi connectivity index (χ2n) is 18.6. The van der Waals surface area contributed by atoms with E-state index in [0.29, 0.717) is 19.3 Å². The molecule has 0 bridgehead atoms. The van der Waals surface area contributed by atoms with E-state index in [4.69, 9.17) is 14.2 Å². The number of carbonyl (C=O) groups excluding carboxylic acids is 3. The van der Waals surface area contributed by atoms with Crippen LogP contribution in [-0.2, 0) is 28.6 Å². The zero-order valence-electron chi connectivity index (χ0n) is 40.2. The third-order valence-electron chi connectivity index (χ3n) is 12.0. The van der Waals surface area contributed by atoms with Crippen LogP contribution in [0.3, 0.4) is 0 Å². The van der Waals surface area contributed by atoms with Crippen LogP contribution in [0.25, 0.3) is 0 Å². The van der Waals surface area contributed by atoms with Crippen LogP contribution in [0.4, 0.5) is 0 Å². The van der Waals surface area contributed by atoms with Crippen LogP contribution in [0, 0.1) is 5.92 Å². The summed E-state index contributed by atoms with van der Waals surface area (Å²) in [5.41, 5.74) is 0. The van der Waals surface area contributed by atoms with E-state index >= 15 is 0 Å². The fraction of sp³-hybridized carbons (Fsp3) is 0.943. The molecule has 0 aliphatic carbocycles. The third kappa shape index (κ3) is 47.3. The highest BCUT2D eigenvalue weighted by atomic mass is 16.6. The largest absolute Gasteiger partial charge is 0.462 e. The summed E-state index contributed by atoms with van der Waals surface area (Å²) in [6, 6.07) is 0. The van der Waals surface area contributed by atoms with Gasteiger partial charge in [0.05, 0.1) is 0 Å². The van der Waals surface area contributed by atoms with Crippen LogP contribution in [0.2, 0.25) is 0 Å². The molecule has 6 heteroatoms. The van der Waals surface area contributed by atoms with Crippen LogP contribution in [0.15, 0.2) is 0 Å². The fourth-order valence-corrected chi connectivity index (χ4v) is 8.04. The number of hydrogen-bond acceptors (Lipinski definition) is 6. The third-order valence-corrected chi connectivity index (χ3v) is 12.0. The molecule has 0 radical (unpaired) electrons. The number of hydrogen-bond donors (Lipinski definition) is 0. The van der Waals surface area contributed by atoms with E-state index in [0.717, 1.165) is 63.7 Å². The Morgan fingerprint density at radius 3 is 0.831 bits per heavy atom. The number of ether oxygens (including phenoxy) is 3. The molecule has 0 aliphatic rings. The molecule has 0 amide bonds. The molecule has 6 nitrogen and oxygen atoms in total. The van der Waals surface area contributed by atoms with Gasteiger partial charge in [0.15, 0.2) is 6.10 Å². The molecule has 0 heterocycles. The summed E-state index contributed by atoms with van der Waals surface area (Å²) < 4.78 is 16.8. The first-order valence-electron chi connectivity index (χ1n) is 26.4. The van der Waals surface area contributed by atoms with E-state index in [1.807, 2.05) is 0 Å². The molecule has 0 spiro atoms. The summed E-state index contributed by atoms with van der Waals surface area (Å²) in [6.07, 6.45) is 49.4. The number of carbonyl (C=O) groups is 3. The molecule has 0 N–H and O–H groups in total. The predicted molar refractivity (Wildman–Crippen MR) is 252 cm³/mol. The minimum atomic E-state index is -0.760. The van der Waals surface area contributed by atoms with Gasteiger partial charge in [0.25, 0.3) is 0 Å². The van der Waals surface area contributed by atoms with Crippen molar-refractivity contribution in [2.24, 2.45) is 5.92 Å². The summed E-state index contributed by atoms with van der Waals surface area (Å²) in [7, 11) is 0. The zero-order valence-corrected chi connectivity index (χ0v) is 40.2. The molecule has 0 aromatic carbocycles. The standard InChI is InChI=1S/C53H102O6/c1-5-7-9-11-13-15-17-18-19-20-25-29-33-37-41-45-52(55)58-48-50(47-57-51(54)44-40-36-32-28-23-16-14-12-10-8-6-2)59-53(56)46-42-38-34-30-26-22-21-24-27-31-35-39-43-49(3)4/h49-50H,5-48H2,1-4H3/t50-/m0/s1. The molecule has 0 aromatic heterocycles. The van der Waals surface area contributed by atoms with Crippen molar-refractivity contribution >= 4 is 17.9 Å². The average Bonchev–Trinajstić information content (AvgIpc) is 3.22. The van der Waals surface area contributed by atoms with Gasteiger partial charge in [0, 0.05) is 19.3 Å². The molecule has 0 fully saturated rings. The summed E-state index contributed by atoms with van der Waals surface area (Å²) in [6.45, 7) is 9.03. The lowest BCUT2D eigenvalue weighted by molar-refractivity contribution is -0.167. The highest BCUT2D eigenvalue weighted by Gasteiger charge is 2.19. The molecule has 0 saturated carbocycles. The van der Waals surface area contributed by atoms with Crippen molar-refractivity contribution in [2.45, 2.75) is 303 Å². The highest BCUT2D eigenvalue weighted by Crippen LogP contribution is 2.17. The van der Waals surface area contributed by atoms with Gasteiger partial charge in [-0.25, -0.2) is 0 Å². The van der Waals surface area contributed by atoms with E-state index in [-0.39, 0.29) is 31.1 Å². The molecule has 0 aliphatic heterocycles. The van der Waals surface area contributed by atoms with Crippen molar-refractivity contribution < 1.29 is 28.6 Å². The van der Waals surface area contributed by atoms with E-state index in [1.165, 1.54) is 193 Å². The van der Waals surface area contributed by atoms with Gasteiger partial charge in [0.1, 0.15) is 13.2 Å². The van der Waals surface area contributed by atoms with Gasteiger partial charge < -0.3 is 14.2 Å². The maximum absolute atomic E-state index is 12.8. The Hall–Kier alpha value is -1.59. The second-order valence-corrected chi connectivity index (χ2v) is 18.6. The highest BCUT2D eigenvalue weighted by molar-refractivity contribution is 5.71. The Morgan fingerprint density at radius 2 is 0.559 bits per heavy atom. The lowest BCUT2D eigenvalue weighted by Gasteiger charge is -2.18. The predicted octanol–water partition coefficient (Wildman–Crippen LogP) is 17.1. The summed E-state index contributed by atoms with van der Waals surface area (Å²) in [4.78, 5) is 37.9. The van der Waals surface area contributed by atoms with Crippen molar-refractivity contribution in [3.63, 3.8) is 0 Å². The van der Waals surface area contributed by atoms with Crippen LogP contribution in [-0.4, -0.2) is 37.2 Å². The molecule has 1 atom stereocenters. The Bertz CT molecular complexity index is 887. The van der Waals surface area contributed by atoms with Crippen molar-refractivity contribution in [3.8, 4) is 0 Å². The molecule has 59 heavy (non-hydrogen) atoms. The van der Waals surface area contributed by atoms with Crippen LogP contribution in [0.5, 0.6) is 0 Å². The number of rotatable bonds is 48. The average molecular weight is 835 g/mol. The van der Waals surface area contributed by atoms with Crippen molar-refractivity contribution in [2.75, 3.05) is 13.2 Å². The van der Waals surface area contributed by atoms with Gasteiger partial charge in [-0.1, -0.05) is 259 Å². The Labute approximate surface area is 368 Å². The van der Waals surface area contributed by atoms with Gasteiger partial charge in [-0.3, -0.25) is 14.4 Å². The first kappa shape index (κ1) is 57.4. The molecular formula is C53H102O6. The topological polar surface area (TPSA) is 78.9 Å². The number of unbranched alkanes of at least 4 members (excludes halogenated alkanes) is 35. The first-order chi connectivity index (χ1) is 28.9. The fourth-order valence-electron chi connectivity index (χ4n) is 8.04. The van der Waals surface area contributed by atoms with Crippen LogP contribution in [0.1, 0.15) is 297 Å². The maximum Gasteiger partial charge on any atom is 0.306 e. The van der Waals surface area contributed by atoms with E-state index < -0.39 is 6.10 Å². The monoisotopic (exact) mass is 835 g/mol. The minimum Gasteiger partial charge on any atom is -0.462 e. The van der Waals surface area contributed by atoms with Gasteiger partial charge in [-0.15, -0.1) is 0 Å². The second kappa shape index (κ2) is 47.5. The zero-order chi connectivity index (χ0) is 43.1. The molecule has 350 valence electrons.